The van der Waals surface area contributed by atoms with Gasteiger partial charge in [0.15, 0.2) is 0 Å². The van der Waals surface area contributed by atoms with Gasteiger partial charge in [0.25, 0.3) is 0 Å². The van der Waals surface area contributed by atoms with Crippen molar-refractivity contribution in [3.8, 4) is 0 Å². The van der Waals surface area contributed by atoms with Crippen molar-refractivity contribution in [3.05, 3.63) is 35.9 Å². The predicted molar refractivity (Wildman–Crippen MR) is 80.1 cm³/mol. The first kappa shape index (κ1) is 20.0. The van der Waals surface area contributed by atoms with Gasteiger partial charge in [-0.05, 0) is 26.3 Å². The number of nitrogens with one attached hydrogen (secondary N) is 1. The average molecular weight is 347 g/mol. The molecule has 0 bridgehead atoms. The highest BCUT2D eigenvalue weighted by molar-refractivity contribution is 5.88. The zero-order valence-corrected chi connectivity index (χ0v) is 13.6. The molecular formula is C16H20F3NO4. The molecule has 0 aliphatic carbocycles. The number of rotatable bonds is 5. The molecule has 0 aliphatic rings. The molecule has 8 heteroatoms. The van der Waals surface area contributed by atoms with Crippen molar-refractivity contribution in [2.24, 2.45) is 0 Å². The van der Waals surface area contributed by atoms with Gasteiger partial charge in [-0.25, -0.2) is 4.79 Å². The first-order chi connectivity index (χ1) is 11.0. The summed E-state index contributed by atoms with van der Waals surface area (Å²) in [5.74, 6) is -4.40. The molecule has 1 aromatic rings. The quantitative estimate of drug-likeness (QED) is 0.801. The summed E-state index contributed by atoms with van der Waals surface area (Å²) < 4.78 is 42.7. The lowest BCUT2D eigenvalue weighted by molar-refractivity contribution is -0.177. The summed E-state index contributed by atoms with van der Waals surface area (Å²) in [6, 6.07) is 6.29. The molecule has 2 N–H and O–H groups in total. The fourth-order valence-electron chi connectivity index (χ4n) is 2.02. The zero-order valence-electron chi connectivity index (χ0n) is 13.6. The molecule has 1 rings (SSSR count). The van der Waals surface area contributed by atoms with Gasteiger partial charge in [0, 0.05) is 5.92 Å². The lowest BCUT2D eigenvalue weighted by Gasteiger charge is -2.29. The van der Waals surface area contributed by atoms with Crippen molar-refractivity contribution in [3.63, 3.8) is 0 Å². The summed E-state index contributed by atoms with van der Waals surface area (Å²) in [4.78, 5) is 23.6. The molecule has 0 saturated heterocycles. The third-order valence-corrected chi connectivity index (χ3v) is 3.03. The summed E-state index contributed by atoms with van der Waals surface area (Å²) in [7, 11) is 0. The molecule has 0 radical (unpaired) electrons. The number of benzene rings is 1. The molecular weight excluding hydrogens is 327 g/mol. The second kappa shape index (κ2) is 7.65. The minimum atomic E-state index is -5.16. The second-order valence-corrected chi connectivity index (χ2v) is 6.18. The first-order valence-corrected chi connectivity index (χ1v) is 7.22. The minimum Gasteiger partial charge on any atom is -0.458 e. The molecule has 24 heavy (non-hydrogen) atoms. The van der Waals surface area contributed by atoms with Gasteiger partial charge in [0.05, 0.1) is 6.61 Å². The third kappa shape index (κ3) is 5.84. The molecule has 0 aliphatic heterocycles. The highest BCUT2D eigenvalue weighted by atomic mass is 19.4. The molecule has 134 valence electrons. The number of ether oxygens (including phenoxy) is 1. The summed E-state index contributed by atoms with van der Waals surface area (Å²) in [5, 5.41) is 11.2. The number of hydrogen-bond acceptors (Lipinski definition) is 4. The molecule has 0 heterocycles. The van der Waals surface area contributed by atoms with Crippen LogP contribution in [0.5, 0.6) is 0 Å². The molecule has 5 nitrogen and oxygen atoms in total. The number of esters is 1. The lowest BCUT2D eigenvalue weighted by Crippen LogP contribution is -2.52. The number of carbonyl (C=O) groups excluding carboxylic acids is 2. The molecule has 1 aromatic carbocycles. The van der Waals surface area contributed by atoms with E-state index in [1.54, 1.807) is 44.3 Å². The maximum absolute atomic E-state index is 12.6. The standard InChI is InChI=1S/C16H20F3NO4/c1-15(2,3)24-13(22)12(20-14(23)16(17,18)19)11(9-21)10-7-5-4-6-8-10/h4-8,11-12,21H,9H2,1-3H3,(H,20,23)/t11-,12+/m1/s1. The zero-order chi connectivity index (χ0) is 18.5. The molecule has 0 aromatic heterocycles. The number of carbonyl (C=O) groups is 2. The number of aliphatic hydroxyl groups excluding tert-OH is 1. The average Bonchev–Trinajstić information content (AvgIpc) is 2.45. The smallest absolute Gasteiger partial charge is 0.458 e. The van der Waals surface area contributed by atoms with Crippen molar-refractivity contribution in [1.29, 1.82) is 0 Å². The fourth-order valence-corrected chi connectivity index (χ4v) is 2.02. The SMILES string of the molecule is CC(C)(C)OC(=O)[C@@H](NC(=O)C(F)(F)F)[C@H](CO)c1ccccc1. The van der Waals surface area contributed by atoms with Crippen LogP contribution in [0.3, 0.4) is 0 Å². The fraction of sp³-hybridized carbons (Fsp3) is 0.500. The molecule has 0 spiro atoms. The van der Waals surface area contributed by atoms with Crippen LogP contribution in [0.25, 0.3) is 0 Å². The predicted octanol–water partition coefficient (Wildman–Crippen LogP) is 2.15. The monoisotopic (exact) mass is 347 g/mol. The van der Waals surface area contributed by atoms with Crippen LogP contribution in [-0.4, -0.2) is 41.4 Å². The van der Waals surface area contributed by atoms with Gasteiger partial charge in [-0.3, -0.25) is 4.79 Å². The van der Waals surface area contributed by atoms with Gasteiger partial charge >= 0.3 is 18.1 Å². The molecule has 0 saturated carbocycles. The van der Waals surface area contributed by atoms with Gasteiger partial charge < -0.3 is 15.2 Å². The van der Waals surface area contributed by atoms with Crippen LogP contribution in [0.4, 0.5) is 13.2 Å². The second-order valence-electron chi connectivity index (χ2n) is 6.18. The van der Waals surface area contributed by atoms with E-state index in [0.717, 1.165) is 0 Å². The third-order valence-electron chi connectivity index (χ3n) is 3.03. The molecule has 0 unspecified atom stereocenters. The highest BCUT2D eigenvalue weighted by Gasteiger charge is 2.43. The van der Waals surface area contributed by atoms with E-state index < -0.39 is 42.2 Å². The van der Waals surface area contributed by atoms with E-state index in [-0.39, 0.29) is 0 Å². The van der Waals surface area contributed by atoms with E-state index >= 15 is 0 Å². The van der Waals surface area contributed by atoms with E-state index in [4.69, 9.17) is 4.74 Å². The molecule has 0 fully saturated rings. The van der Waals surface area contributed by atoms with Crippen LogP contribution in [0, 0.1) is 0 Å². The Bertz CT molecular complexity index is 567. The van der Waals surface area contributed by atoms with Crippen LogP contribution in [0.2, 0.25) is 0 Å². The Kier molecular flexibility index (Phi) is 6.36. The normalized spacial score (nSPS) is 14.6. The Hall–Kier alpha value is -2.09. The van der Waals surface area contributed by atoms with Gasteiger partial charge in [-0.1, -0.05) is 30.3 Å². The van der Waals surface area contributed by atoms with Gasteiger partial charge in [-0.2, -0.15) is 13.2 Å². The summed E-state index contributed by atoms with van der Waals surface area (Å²) >= 11 is 0. The number of aliphatic hydroxyl groups is 1. The maximum atomic E-state index is 12.6. The molecule has 1 amide bonds. The van der Waals surface area contributed by atoms with Gasteiger partial charge in [-0.15, -0.1) is 0 Å². The van der Waals surface area contributed by atoms with Crippen molar-refractivity contribution in [2.75, 3.05) is 6.61 Å². The van der Waals surface area contributed by atoms with E-state index in [1.165, 1.54) is 12.1 Å². The van der Waals surface area contributed by atoms with Crippen molar-refractivity contribution >= 4 is 11.9 Å². The van der Waals surface area contributed by atoms with E-state index in [1.807, 2.05) is 0 Å². The van der Waals surface area contributed by atoms with E-state index in [0.29, 0.717) is 5.56 Å². The minimum absolute atomic E-state index is 0.401. The lowest BCUT2D eigenvalue weighted by atomic mass is 9.91. The van der Waals surface area contributed by atoms with Gasteiger partial charge in [0.2, 0.25) is 0 Å². The number of halogens is 3. The van der Waals surface area contributed by atoms with Crippen molar-refractivity contribution in [1.82, 2.24) is 5.32 Å². The van der Waals surface area contributed by atoms with Crippen LogP contribution in [0.1, 0.15) is 32.3 Å². The Morgan fingerprint density at radius 1 is 1.17 bits per heavy atom. The topological polar surface area (TPSA) is 75.6 Å². The summed E-state index contributed by atoms with van der Waals surface area (Å²) in [6.45, 7) is 3.99. The van der Waals surface area contributed by atoms with Crippen LogP contribution in [0.15, 0.2) is 30.3 Å². The van der Waals surface area contributed by atoms with E-state index in [2.05, 4.69) is 0 Å². The Labute approximate surface area is 137 Å². The largest absolute Gasteiger partial charge is 0.471 e. The van der Waals surface area contributed by atoms with Gasteiger partial charge in [0.1, 0.15) is 11.6 Å². The van der Waals surface area contributed by atoms with E-state index in [9.17, 15) is 27.9 Å². The number of alkyl halides is 3. The first-order valence-electron chi connectivity index (χ1n) is 7.22. The Balaban J connectivity index is 3.16. The Morgan fingerprint density at radius 2 is 1.71 bits per heavy atom. The number of amides is 1. The maximum Gasteiger partial charge on any atom is 0.471 e. The molecule has 2 atom stereocenters. The Morgan fingerprint density at radius 3 is 2.12 bits per heavy atom. The highest BCUT2D eigenvalue weighted by Crippen LogP contribution is 2.24. The van der Waals surface area contributed by atoms with Crippen LogP contribution >= 0.6 is 0 Å². The van der Waals surface area contributed by atoms with Crippen molar-refractivity contribution in [2.45, 2.75) is 44.5 Å². The van der Waals surface area contributed by atoms with Crippen molar-refractivity contribution < 1.29 is 32.6 Å². The number of hydrogen-bond donors (Lipinski definition) is 2. The van der Waals surface area contributed by atoms with Crippen LogP contribution < -0.4 is 5.32 Å². The summed E-state index contributed by atoms with van der Waals surface area (Å²) in [5.41, 5.74) is -0.562. The summed E-state index contributed by atoms with van der Waals surface area (Å²) in [6.07, 6.45) is -5.16. The van der Waals surface area contributed by atoms with Crippen LogP contribution in [-0.2, 0) is 14.3 Å².